The van der Waals surface area contributed by atoms with Crippen molar-refractivity contribution in [3.05, 3.63) is 45.7 Å². The second-order valence-electron chi connectivity index (χ2n) is 4.65. The van der Waals surface area contributed by atoms with Gasteiger partial charge >= 0.3 is 0 Å². The molecule has 1 unspecified atom stereocenters. The zero-order valence-electron chi connectivity index (χ0n) is 11.7. The van der Waals surface area contributed by atoms with Crippen molar-refractivity contribution in [1.82, 2.24) is 9.97 Å². The Morgan fingerprint density at radius 3 is 2.30 bits per heavy atom. The highest BCUT2D eigenvalue weighted by Crippen LogP contribution is 2.24. The number of hydrogen-bond acceptors (Lipinski definition) is 5. The first-order chi connectivity index (χ1) is 9.51. The number of anilines is 2. The second-order valence-corrected chi connectivity index (χ2v) is 5.57. The molecule has 1 aromatic heterocycles. The summed E-state index contributed by atoms with van der Waals surface area (Å²) in [6.45, 7) is 5.87. The maximum Gasteiger partial charge on any atom is 0.148 e. The standard InChI is InChI=1S/C14H18BrN5/c1-8-13(18-10(3)19-14(8)20-16)17-9(2)11-4-6-12(15)7-5-11/h4-7,9H,16H2,1-3H3,(H2,17,18,19,20). The van der Waals surface area contributed by atoms with E-state index < -0.39 is 0 Å². The maximum absolute atomic E-state index is 5.47. The zero-order valence-corrected chi connectivity index (χ0v) is 13.3. The maximum atomic E-state index is 5.47. The third kappa shape index (κ3) is 3.26. The van der Waals surface area contributed by atoms with Gasteiger partial charge in [-0.25, -0.2) is 15.8 Å². The molecule has 0 saturated heterocycles. The van der Waals surface area contributed by atoms with Gasteiger partial charge in [-0.2, -0.15) is 0 Å². The van der Waals surface area contributed by atoms with E-state index in [2.05, 4.69) is 55.7 Å². The molecule has 2 aromatic rings. The van der Waals surface area contributed by atoms with Crippen LogP contribution in [-0.2, 0) is 0 Å². The van der Waals surface area contributed by atoms with Crippen LogP contribution in [0.4, 0.5) is 11.6 Å². The van der Waals surface area contributed by atoms with E-state index in [0.717, 1.165) is 15.9 Å². The number of hydrogen-bond donors (Lipinski definition) is 3. The number of benzene rings is 1. The summed E-state index contributed by atoms with van der Waals surface area (Å²) < 4.78 is 1.07. The van der Waals surface area contributed by atoms with Gasteiger partial charge < -0.3 is 10.7 Å². The highest BCUT2D eigenvalue weighted by atomic mass is 79.9. The summed E-state index contributed by atoms with van der Waals surface area (Å²) in [4.78, 5) is 8.69. The predicted molar refractivity (Wildman–Crippen MR) is 85.5 cm³/mol. The van der Waals surface area contributed by atoms with Crippen LogP contribution in [0.15, 0.2) is 28.7 Å². The van der Waals surface area contributed by atoms with Crippen molar-refractivity contribution in [1.29, 1.82) is 0 Å². The number of aryl methyl sites for hydroxylation is 1. The largest absolute Gasteiger partial charge is 0.363 e. The third-order valence-corrected chi connectivity index (χ3v) is 3.65. The lowest BCUT2D eigenvalue weighted by Gasteiger charge is -2.18. The van der Waals surface area contributed by atoms with Gasteiger partial charge in [0.15, 0.2) is 0 Å². The molecule has 4 N–H and O–H groups in total. The lowest BCUT2D eigenvalue weighted by molar-refractivity contribution is 0.862. The molecule has 1 heterocycles. The van der Waals surface area contributed by atoms with Gasteiger partial charge in [0.25, 0.3) is 0 Å². The lowest BCUT2D eigenvalue weighted by Crippen LogP contribution is -2.15. The Balaban J connectivity index is 2.25. The molecular weight excluding hydrogens is 318 g/mol. The van der Waals surface area contributed by atoms with Crippen LogP contribution in [0.1, 0.15) is 29.9 Å². The van der Waals surface area contributed by atoms with E-state index in [1.807, 2.05) is 26.0 Å². The Morgan fingerprint density at radius 1 is 1.10 bits per heavy atom. The monoisotopic (exact) mass is 335 g/mol. The van der Waals surface area contributed by atoms with Crippen LogP contribution in [0.5, 0.6) is 0 Å². The second kappa shape index (κ2) is 6.19. The quantitative estimate of drug-likeness (QED) is 0.590. The molecular formula is C14H18BrN5. The molecule has 1 aromatic carbocycles. The summed E-state index contributed by atoms with van der Waals surface area (Å²) in [5.41, 5.74) is 4.69. The van der Waals surface area contributed by atoms with Crippen LogP contribution in [-0.4, -0.2) is 9.97 Å². The van der Waals surface area contributed by atoms with Crippen molar-refractivity contribution in [2.75, 3.05) is 10.7 Å². The Labute approximate surface area is 127 Å². The number of hydrazine groups is 1. The van der Waals surface area contributed by atoms with Crippen LogP contribution in [0.25, 0.3) is 0 Å². The van der Waals surface area contributed by atoms with Gasteiger partial charge in [0.1, 0.15) is 17.5 Å². The molecule has 20 heavy (non-hydrogen) atoms. The van der Waals surface area contributed by atoms with E-state index in [1.54, 1.807) is 0 Å². The fourth-order valence-electron chi connectivity index (χ4n) is 1.95. The van der Waals surface area contributed by atoms with Crippen molar-refractivity contribution < 1.29 is 0 Å². The molecule has 2 rings (SSSR count). The number of nitrogens with one attached hydrogen (secondary N) is 2. The van der Waals surface area contributed by atoms with E-state index in [1.165, 1.54) is 5.56 Å². The van der Waals surface area contributed by atoms with Gasteiger partial charge in [-0.05, 0) is 38.5 Å². The summed E-state index contributed by atoms with van der Waals surface area (Å²) in [7, 11) is 0. The normalized spacial score (nSPS) is 12.1. The molecule has 0 aliphatic carbocycles. The average molecular weight is 336 g/mol. The van der Waals surface area contributed by atoms with Crippen LogP contribution >= 0.6 is 15.9 Å². The van der Waals surface area contributed by atoms with Crippen molar-refractivity contribution >= 4 is 27.6 Å². The van der Waals surface area contributed by atoms with Crippen LogP contribution in [0.3, 0.4) is 0 Å². The molecule has 106 valence electrons. The molecule has 0 fully saturated rings. The van der Waals surface area contributed by atoms with Gasteiger partial charge in [0.2, 0.25) is 0 Å². The number of nitrogens with zero attached hydrogens (tertiary/aromatic N) is 2. The molecule has 0 aliphatic heterocycles. The van der Waals surface area contributed by atoms with E-state index in [0.29, 0.717) is 11.6 Å². The molecule has 0 saturated carbocycles. The molecule has 1 atom stereocenters. The molecule has 0 spiro atoms. The molecule has 0 bridgehead atoms. The minimum atomic E-state index is 0.140. The summed E-state index contributed by atoms with van der Waals surface area (Å²) in [5, 5.41) is 3.40. The summed E-state index contributed by atoms with van der Waals surface area (Å²) >= 11 is 3.44. The van der Waals surface area contributed by atoms with E-state index >= 15 is 0 Å². The highest BCUT2D eigenvalue weighted by Gasteiger charge is 2.12. The number of nitrogen functional groups attached to an aromatic ring is 1. The van der Waals surface area contributed by atoms with Crippen molar-refractivity contribution in [2.24, 2.45) is 5.84 Å². The van der Waals surface area contributed by atoms with Crippen LogP contribution in [0, 0.1) is 13.8 Å². The van der Waals surface area contributed by atoms with Crippen molar-refractivity contribution in [3.63, 3.8) is 0 Å². The summed E-state index contributed by atoms with van der Waals surface area (Å²) in [6.07, 6.45) is 0. The molecule has 0 radical (unpaired) electrons. The van der Waals surface area contributed by atoms with Crippen LogP contribution < -0.4 is 16.6 Å². The minimum Gasteiger partial charge on any atom is -0.363 e. The van der Waals surface area contributed by atoms with Crippen LogP contribution in [0.2, 0.25) is 0 Å². The Bertz CT molecular complexity index is 597. The SMILES string of the molecule is Cc1nc(NN)c(C)c(NC(C)c2ccc(Br)cc2)n1. The van der Waals surface area contributed by atoms with Crippen molar-refractivity contribution in [3.8, 4) is 0 Å². The van der Waals surface area contributed by atoms with Gasteiger partial charge in [-0.1, -0.05) is 28.1 Å². The minimum absolute atomic E-state index is 0.140. The number of aromatic nitrogens is 2. The van der Waals surface area contributed by atoms with Gasteiger partial charge in [0, 0.05) is 16.1 Å². The first kappa shape index (κ1) is 14.7. The topological polar surface area (TPSA) is 75.9 Å². The molecule has 5 nitrogen and oxygen atoms in total. The highest BCUT2D eigenvalue weighted by molar-refractivity contribution is 9.10. The third-order valence-electron chi connectivity index (χ3n) is 3.12. The fourth-order valence-corrected chi connectivity index (χ4v) is 2.21. The fraction of sp³-hybridized carbons (Fsp3) is 0.286. The molecule has 0 aliphatic rings. The van der Waals surface area contributed by atoms with Gasteiger partial charge in [-0.3, -0.25) is 0 Å². The smallest absolute Gasteiger partial charge is 0.148 e. The van der Waals surface area contributed by atoms with Gasteiger partial charge in [0.05, 0.1) is 0 Å². The van der Waals surface area contributed by atoms with Crippen molar-refractivity contribution in [2.45, 2.75) is 26.8 Å². The van der Waals surface area contributed by atoms with Gasteiger partial charge in [-0.15, -0.1) is 0 Å². The summed E-state index contributed by atoms with van der Waals surface area (Å²) in [6, 6.07) is 8.35. The first-order valence-electron chi connectivity index (χ1n) is 6.35. The number of nitrogens with two attached hydrogens (primary N) is 1. The predicted octanol–water partition coefficient (Wildman–Crippen LogP) is 3.31. The number of rotatable bonds is 4. The van der Waals surface area contributed by atoms with E-state index in [9.17, 15) is 0 Å². The lowest BCUT2D eigenvalue weighted by atomic mass is 10.1. The molecule has 6 heteroatoms. The van der Waals surface area contributed by atoms with E-state index in [4.69, 9.17) is 5.84 Å². The Kier molecular flexibility index (Phi) is 4.57. The number of halogens is 1. The average Bonchev–Trinajstić information content (AvgIpc) is 2.43. The summed E-state index contributed by atoms with van der Waals surface area (Å²) in [5.74, 6) is 7.58. The zero-order chi connectivity index (χ0) is 14.7. The Hall–Kier alpha value is -1.66. The Morgan fingerprint density at radius 2 is 1.70 bits per heavy atom. The first-order valence-corrected chi connectivity index (χ1v) is 7.14. The van der Waals surface area contributed by atoms with E-state index in [-0.39, 0.29) is 6.04 Å². The molecule has 0 amide bonds.